The van der Waals surface area contributed by atoms with Gasteiger partial charge in [-0.3, -0.25) is 4.90 Å². The molecule has 1 aromatic heterocycles. The normalized spacial score (nSPS) is 25.2. The van der Waals surface area contributed by atoms with Crippen molar-refractivity contribution in [2.75, 3.05) is 26.2 Å². The highest BCUT2D eigenvalue weighted by molar-refractivity contribution is 5.88. The fourth-order valence-corrected chi connectivity index (χ4v) is 3.69. The number of carbonyl (C=O) groups excluding carboxylic acids is 1. The lowest BCUT2D eigenvalue weighted by atomic mass is 10.1. The highest BCUT2D eigenvalue weighted by atomic mass is 16.5. The van der Waals surface area contributed by atoms with Crippen LogP contribution in [0.1, 0.15) is 48.7 Å². The lowest BCUT2D eigenvalue weighted by molar-refractivity contribution is -0.0712. The summed E-state index contributed by atoms with van der Waals surface area (Å²) in [5.74, 6) is 0.639. The standard InChI is InChI=1S/C17H27N3O3/c1-12-10-19(11-13(2)23-12)8-9-22-17(21)16-15-6-4-5-7-20(15)14(3)18-16/h12-13H,4-11H2,1-3H3/t12-,13+. The zero-order valence-corrected chi connectivity index (χ0v) is 14.4. The number of carbonyl (C=O) groups is 1. The molecule has 1 fully saturated rings. The van der Waals surface area contributed by atoms with E-state index in [1.54, 1.807) is 0 Å². The molecule has 6 nitrogen and oxygen atoms in total. The van der Waals surface area contributed by atoms with Crippen molar-refractivity contribution in [1.29, 1.82) is 0 Å². The Kier molecular flexibility index (Phi) is 5.02. The van der Waals surface area contributed by atoms with Gasteiger partial charge in [0.25, 0.3) is 0 Å². The van der Waals surface area contributed by atoms with Crippen molar-refractivity contribution < 1.29 is 14.3 Å². The largest absolute Gasteiger partial charge is 0.460 e. The fraction of sp³-hybridized carbons (Fsp3) is 0.765. The minimum atomic E-state index is -0.280. The molecular formula is C17H27N3O3. The number of fused-ring (bicyclic) bond motifs is 1. The summed E-state index contributed by atoms with van der Waals surface area (Å²) in [6, 6.07) is 0. The van der Waals surface area contributed by atoms with Crippen molar-refractivity contribution in [3.05, 3.63) is 17.2 Å². The third-order valence-electron chi connectivity index (χ3n) is 4.64. The number of esters is 1. The van der Waals surface area contributed by atoms with Gasteiger partial charge in [0.1, 0.15) is 12.4 Å². The van der Waals surface area contributed by atoms with E-state index in [1.807, 2.05) is 6.92 Å². The molecule has 2 aliphatic rings. The second kappa shape index (κ2) is 7.01. The predicted molar refractivity (Wildman–Crippen MR) is 86.6 cm³/mol. The molecule has 2 atom stereocenters. The summed E-state index contributed by atoms with van der Waals surface area (Å²) in [5.41, 5.74) is 1.57. The Morgan fingerprint density at radius 1 is 1.30 bits per heavy atom. The van der Waals surface area contributed by atoms with Crippen LogP contribution >= 0.6 is 0 Å². The van der Waals surface area contributed by atoms with Gasteiger partial charge < -0.3 is 14.0 Å². The van der Waals surface area contributed by atoms with Gasteiger partial charge in [0, 0.05) is 26.2 Å². The van der Waals surface area contributed by atoms with Crippen LogP contribution in [0.2, 0.25) is 0 Å². The summed E-state index contributed by atoms with van der Waals surface area (Å²) in [4.78, 5) is 19.1. The van der Waals surface area contributed by atoms with Gasteiger partial charge in [-0.2, -0.15) is 0 Å². The molecule has 1 saturated heterocycles. The van der Waals surface area contributed by atoms with E-state index in [-0.39, 0.29) is 18.2 Å². The first-order valence-electron chi connectivity index (χ1n) is 8.65. The second-order valence-electron chi connectivity index (χ2n) is 6.72. The maximum Gasteiger partial charge on any atom is 0.358 e. The molecule has 0 saturated carbocycles. The Balaban J connectivity index is 1.54. The molecule has 0 radical (unpaired) electrons. The lowest BCUT2D eigenvalue weighted by Gasteiger charge is -2.35. The molecule has 0 unspecified atom stereocenters. The fourth-order valence-electron chi connectivity index (χ4n) is 3.69. The van der Waals surface area contributed by atoms with Crippen LogP contribution in [0.4, 0.5) is 0 Å². The molecule has 0 N–H and O–H groups in total. The van der Waals surface area contributed by atoms with Gasteiger partial charge in [0.15, 0.2) is 5.69 Å². The van der Waals surface area contributed by atoms with Crippen molar-refractivity contribution >= 4 is 5.97 Å². The predicted octanol–water partition coefficient (Wildman–Crippen LogP) is 1.79. The van der Waals surface area contributed by atoms with E-state index in [0.717, 1.165) is 57.0 Å². The van der Waals surface area contributed by atoms with E-state index in [4.69, 9.17) is 9.47 Å². The minimum absolute atomic E-state index is 0.234. The first-order chi connectivity index (χ1) is 11.0. The van der Waals surface area contributed by atoms with Crippen LogP contribution in [0, 0.1) is 6.92 Å². The molecule has 1 aromatic rings. The number of hydrogen-bond acceptors (Lipinski definition) is 5. The van der Waals surface area contributed by atoms with E-state index in [1.165, 1.54) is 0 Å². The number of aryl methyl sites for hydroxylation is 1. The van der Waals surface area contributed by atoms with E-state index in [0.29, 0.717) is 12.3 Å². The zero-order valence-electron chi connectivity index (χ0n) is 14.4. The molecule has 3 heterocycles. The van der Waals surface area contributed by atoms with Gasteiger partial charge in [-0.05, 0) is 40.0 Å². The van der Waals surface area contributed by atoms with Crippen LogP contribution < -0.4 is 0 Å². The molecule has 0 amide bonds. The third-order valence-corrected chi connectivity index (χ3v) is 4.64. The molecule has 0 bridgehead atoms. The van der Waals surface area contributed by atoms with Gasteiger partial charge in [-0.1, -0.05) is 0 Å². The number of ether oxygens (including phenoxy) is 2. The van der Waals surface area contributed by atoms with Crippen LogP contribution in [0.3, 0.4) is 0 Å². The zero-order chi connectivity index (χ0) is 16.4. The number of aromatic nitrogens is 2. The van der Waals surface area contributed by atoms with Gasteiger partial charge in [0.2, 0.25) is 0 Å². The maximum absolute atomic E-state index is 12.4. The van der Waals surface area contributed by atoms with Crippen molar-refractivity contribution in [3.8, 4) is 0 Å². The highest BCUT2D eigenvalue weighted by Crippen LogP contribution is 2.21. The van der Waals surface area contributed by atoms with Crippen LogP contribution in [0.5, 0.6) is 0 Å². The molecule has 6 heteroatoms. The lowest BCUT2D eigenvalue weighted by Crippen LogP contribution is -2.46. The van der Waals surface area contributed by atoms with Crippen LogP contribution in [0.25, 0.3) is 0 Å². The van der Waals surface area contributed by atoms with E-state index in [2.05, 4.69) is 28.3 Å². The van der Waals surface area contributed by atoms with Gasteiger partial charge in [-0.15, -0.1) is 0 Å². The Morgan fingerprint density at radius 2 is 2.04 bits per heavy atom. The summed E-state index contributed by atoms with van der Waals surface area (Å²) in [7, 11) is 0. The third kappa shape index (κ3) is 3.75. The molecule has 2 aliphatic heterocycles. The monoisotopic (exact) mass is 321 g/mol. The molecule has 23 heavy (non-hydrogen) atoms. The SMILES string of the molecule is Cc1nc(C(=O)OCCN2C[C@@H](C)O[C@@H](C)C2)c2n1CCCC2. The van der Waals surface area contributed by atoms with Crippen molar-refractivity contribution in [2.45, 2.75) is 58.8 Å². The van der Waals surface area contributed by atoms with Crippen molar-refractivity contribution in [2.24, 2.45) is 0 Å². The minimum Gasteiger partial charge on any atom is -0.460 e. The van der Waals surface area contributed by atoms with E-state index < -0.39 is 0 Å². The first kappa shape index (κ1) is 16.5. The Labute approximate surface area is 137 Å². The summed E-state index contributed by atoms with van der Waals surface area (Å²) in [5, 5.41) is 0. The van der Waals surface area contributed by atoms with E-state index in [9.17, 15) is 4.79 Å². The van der Waals surface area contributed by atoms with Gasteiger partial charge in [-0.25, -0.2) is 9.78 Å². The Hall–Kier alpha value is -1.40. The average molecular weight is 321 g/mol. The topological polar surface area (TPSA) is 56.6 Å². The van der Waals surface area contributed by atoms with Crippen molar-refractivity contribution in [1.82, 2.24) is 14.5 Å². The second-order valence-corrected chi connectivity index (χ2v) is 6.72. The summed E-state index contributed by atoms with van der Waals surface area (Å²) in [6.45, 7) is 10.0. The number of hydrogen-bond donors (Lipinski definition) is 0. The number of nitrogens with zero attached hydrogens (tertiary/aromatic N) is 3. The molecule has 0 aromatic carbocycles. The quantitative estimate of drug-likeness (QED) is 0.792. The molecule has 128 valence electrons. The first-order valence-corrected chi connectivity index (χ1v) is 8.65. The highest BCUT2D eigenvalue weighted by Gasteiger charge is 2.25. The molecule has 0 spiro atoms. The summed E-state index contributed by atoms with van der Waals surface area (Å²) in [6.07, 6.45) is 3.67. The van der Waals surface area contributed by atoms with Crippen molar-refractivity contribution in [3.63, 3.8) is 0 Å². The van der Waals surface area contributed by atoms with Crippen LogP contribution in [-0.4, -0.2) is 58.9 Å². The number of rotatable bonds is 4. The number of morpholine rings is 1. The van der Waals surface area contributed by atoms with Gasteiger partial charge in [0.05, 0.1) is 17.9 Å². The van der Waals surface area contributed by atoms with Crippen LogP contribution in [-0.2, 0) is 22.4 Å². The molecular weight excluding hydrogens is 294 g/mol. The van der Waals surface area contributed by atoms with E-state index >= 15 is 0 Å². The van der Waals surface area contributed by atoms with Crippen LogP contribution in [0.15, 0.2) is 0 Å². The summed E-state index contributed by atoms with van der Waals surface area (Å²) < 4.78 is 13.4. The average Bonchev–Trinajstić information content (AvgIpc) is 2.84. The maximum atomic E-state index is 12.4. The Bertz CT molecular complexity index is 560. The molecule has 3 rings (SSSR count). The summed E-state index contributed by atoms with van der Waals surface area (Å²) >= 11 is 0. The molecule has 0 aliphatic carbocycles. The smallest absolute Gasteiger partial charge is 0.358 e. The Morgan fingerprint density at radius 3 is 2.78 bits per heavy atom. The number of imidazole rings is 1. The van der Waals surface area contributed by atoms with Gasteiger partial charge >= 0.3 is 5.97 Å².